The highest BCUT2D eigenvalue weighted by atomic mass is 79.9. The monoisotopic (exact) mass is 346 g/mol. The molecule has 0 aliphatic carbocycles. The van der Waals surface area contributed by atoms with Crippen LogP contribution >= 0.6 is 15.9 Å². The summed E-state index contributed by atoms with van der Waals surface area (Å²) >= 11 is 3.34. The first-order valence-corrected chi connectivity index (χ1v) is 7.20. The number of rotatable bonds is 3. The lowest BCUT2D eigenvalue weighted by atomic mass is 10.2. The predicted octanol–water partition coefficient (Wildman–Crippen LogP) is 3.54. The first-order chi connectivity index (χ1) is 9.92. The second kappa shape index (κ2) is 6.02. The van der Waals surface area contributed by atoms with Crippen LogP contribution in [-0.2, 0) is 0 Å². The zero-order valence-electron chi connectivity index (χ0n) is 11.7. The average molecular weight is 347 g/mol. The molecule has 2 rings (SSSR count). The average Bonchev–Trinajstić information content (AvgIpc) is 2.83. The molecule has 3 N–H and O–H groups in total. The van der Waals surface area contributed by atoms with Crippen LogP contribution in [0.4, 0.5) is 11.4 Å². The number of aromatic nitrogens is 1. The molecule has 0 aliphatic heterocycles. The summed E-state index contributed by atoms with van der Waals surface area (Å²) in [5, 5.41) is 11.7. The van der Waals surface area contributed by atoms with Crippen LogP contribution in [0.3, 0.4) is 0 Å². The lowest BCUT2D eigenvalue weighted by Gasteiger charge is -2.13. The van der Waals surface area contributed by atoms with Gasteiger partial charge in [0, 0.05) is 16.7 Å². The van der Waals surface area contributed by atoms with Crippen molar-refractivity contribution in [1.29, 1.82) is 5.26 Å². The molecule has 2 aromatic rings. The summed E-state index contributed by atoms with van der Waals surface area (Å²) in [6.07, 6.45) is 1.74. The normalized spacial score (nSPS) is 10.4. The van der Waals surface area contributed by atoms with Crippen molar-refractivity contribution in [3.8, 4) is 6.07 Å². The van der Waals surface area contributed by atoms with Gasteiger partial charge in [-0.15, -0.1) is 0 Å². The Hall–Kier alpha value is -2.26. The Labute approximate surface area is 131 Å². The van der Waals surface area contributed by atoms with Crippen molar-refractivity contribution in [3.05, 3.63) is 46.2 Å². The Morgan fingerprint density at radius 2 is 2.14 bits per heavy atom. The number of carbonyl (C=O) groups is 1. The molecule has 0 bridgehead atoms. The van der Waals surface area contributed by atoms with Crippen LogP contribution in [0.25, 0.3) is 0 Å². The highest BCUT2D eigenvalue weighted by Crippen LogP contribution is 2.25. The SMILES string of the molecule is CC(C)n1cc(N)cc1C(=O)Nc1ccc(C#N)cc1Br. The Morgan fingerprint density at radius 1 is 1.43 bits per heavy atom. The molecular formula is C15H15BrN4O. The van der Waals surface area contributed by atoms with E-state index in [0.717, 1.165) is 0 Å². The summed E-state index contributed by atoms with van der Waals surface area (Å²) in [6.45, 7) is 3.96. The van der Waals surface area contributed by atoms with Crippen LogP contribution in [0, 0.1) is 11.3 Å². The molecule has 1 aromatic carbocycles. The van der Waals surface area contributed by atoms with Gasteiger partial charge in [0.25, 0.3) is 5.91 Å². The molecule has 5 nitrogen and oxygen atoms in total. The van der Waals surface area contributed by atoms with Gasteiger partial charge in [-0.1, -0.05) is 0 Å². The maximum absolute atomic E-state index is 12.4. The summed E-state index contributed by atoms with van der Waals surface area (Å²) < 4.78 is 2.48. The number of nitrogens with one attached hydrogen (secondary N) is 1. The van der Waals surface area contributed by atoms with Gasteiger partial charge in [0.05, 0.1) is 23.0 Å². The maximum atomic E-state index is 12.4. The van der Waals surface area contributed by atoms with Gasteiger partial charge in [-0.3, -0.25) is 4.79 Å². The van der Waals surface area contributed by atoms with E-state index in [4.69, 9.17) is 11.0 Å². The van der Waals surface area contributed by atoms with Crippen LogP contribution in [0.1, 0.15) is 35.9 Å². The number of hydrogen-bond acceptors (Lipinski definition) is 3. The zero-order valence-corrected chi connectivity index (χ0v) is 13.3. The van der Waals surface area contributed by atoms with Crippen molar-refractivity contribution in [2.45, 2.75) is 19.9 Å². The molecule has 0 saturated heterocycles. The number of nitriles is 1. The number of carbonyl (C=O) groups excluding carboxylic acids is 1. The molecule has 21 heavy (non-hydrogen) atoms. The van der Waals surface area contributed by atoms with E-state index in [1.165, 1.54) is 0 Å². The highest BCUT2D eigenvalue weighted by molar-refractivity contribution is 9.10. The second-order valence-electron chi connectivity index (χ2n) is 4.92. The fourth-order valence-electron chi connectivity index (χ4n) is 1.98. The van der Waals surface area contributed by atoms with Crippen molar-refractivity contribution in [2.24, 2.45) is 0 Å². The summed E-state index contributed by atoms with van der Waals surface area (Å²) in [5.41, 5.74) is 7.95. The molecule has 0 fully saturated rings. The van der Waals surface area contributed by atoms with E-state index >= 15 is 0 Å². The molecule has 1 aromatic heterocycles. The number of amides is 1. The van der Waals surface area contributed by atoms with Crippen LogP contribution in [0.15, 0.2) is 34.9 Å². The Kier molecular flexibility index (Phi) is 4.34. The molecule has 0 atom stereocenters. The minimum absolute atomic E-state index is 0.132. The quantitative estimate of drug-likeness (QED) is 0.891. The van der Waals surface area contributed by atoms with Gasteiger partial charge in [-0.05, 0) is 54.0 Å². The second-order valence-corrected chi connectivity index (χ2v) is 5.77. The molecular weight excluding hydrogens is 332 g/mol. The highest BCUT2D eigenvalue weighted by Gasteiger charge is 2.16. The van der Waals surface area contributed by atoms with Crippen molar-refractivity contribution < 1.29 is 4.79 Å². The third-order valence-corrected chi connectivity index (χ3v) is 3.66. The fraction of sp³-hybridized carbons (Fsp3) is 0.200. The van der Waals surface area contributed by atoms with E-state index in [-0.39, 0.29) is 11.9 Å². The first-order valence-electron chi connectivity index (χ1n) is 6.40. The number of nitrogens with two attached hydrogens (primary N) is 1. The smallest absolute Gasteiger partial charge is 0.272 e. The third-order valence-electron chi connectivity index (χ3n) is 3.01. The van der Waals surface area contributed by atoms with Gasteiger partial charge >= 0.3 is 0 Å². The van der Waals surface area contributed by atoms with Crippen LogP contribution in [-0.4, -0.2) is 10.5 Å². The fourth-order valence-corrected chi connectivity index (χ4v) is 2.46. The van der Waals surface area contributed by atoms with E-state index in [9.17, 15) is 4.79 Å². The third kappa shape index (κ3) is 3.26. The largest absolute Gasteiger partial charge is 0.397 e. The van der Waals surface area contributed by atoms with E-state index in [0.29, 0.717) is 27.1 Å². The molecule has 0 saturated carbocycles. The van der Waals surface area contributed by atoms with Gasteiger partial charge < -0.3 is 15.6 Å². The number of hydrogen-bond donors (Lipinski definition) is 2. The molecule has 0 spiro atoms. The lowest BCUT2D eigenvalue weighted by Crippen LogP contribution is -2.18. The molecule has 0 unspecified atom stereocenters. The minimum Gasteiger partial charge on any atom is -0.397 e. The first kappa shape index (κ1) is 15.1. The molecule has 6 heteroatoms. The number of benzene rings is 1. The predicted molar refractivity (Wildman–Crippen MR) is 86.0 cm³/mol. The minimum atomic E-state index is -0.245. The van der Waals surface area contributed by atoms with Gasteiger partial charge in [0.2, 0.25) is 0 Å². The number of halogens is 1. The number of nitrogens with zero attached hydrogens (tertiary/aromatic N) is 2. The summed E-state index contributed by atoms with van der Waals surface area (Å²) in [5.74, 6) is -0.245. The van der Waals surface area contributed by atoms with Gasteiger partial charge in [0.15, 0.2) is 0 Å². The molecule has 0 aliphatic rings. The van der Waals surface area contributed by atoms with Crippen molar-refractivity contribution in [1.82, 2.24) is 4.57 Å². The van der Waals surface area contributed by atoms with Crippen molar-refractivity contribution in [3.63, 3.8) is 0 Å². The summed E-state index contributed by atoms with van der Waals surface area (Å²) in [4.78, 5) is 12.4. The molecule has 0 radical (unpaired) electrons. The maximum Gasteiger partial charge on any atom is 0.272 e. The van der Waals surface area contributed by atoms with Crippen molar-refractivity contribution >= 4 is 33.2 Å². The lowest BCUT2D eigenvalue weighted by molar-refractivity contribution is 0.101. The van der Waals surface area contributed by atoms with E-state index in [1.807, 2.05) is 24.5 Å². The van der Waals surface area contributed by atoms with Crippen LogP contribution in [0.5, 0.6) is 0 Å². The van der Waals surface area contributed by atoms with E-state index in [2.05, 4.69) is 21.2 Å². The standard InChI is InChI=1S/C15H15BrN4O/c1-9(2)20-8-11(18)6-14(20)15(21)19-13-4-3-10(7-17)5-12(13)16/h3-6,8-9H,18H2,1-2H3,(H,19,21). The number of nitrogen functional groups attached to an aromatic ring is 1. The molecule has 1 amide bonds. The number of anilines is 2. The van der Waals surface area contributed by atoms with Gasteiger partial charge in [0.1, 0.15) is 5.69 Å². The van der Waals surface area contributed by atoms with Crippen LogP contribution in [0.2, 0.25) is 0 Å². The van der Waals surface area contributed by atoms with Gasteiger partial charge in [-0.25, -0.2) is 0 Å². The Bertz CT molecular complexity index is 728. The summed E-state index contributed by atoms with van der Waals surface area (Å²) in [6, 6.07) is 8.82. The van der Waals surface area contributed by atoms with E-state index in [1.54, 1.807) is 30.5 Å². The van der Waals surface area contributed by atoms with Gasteiger partial charge in [-0.2, -0.15) is 5.26 Å². The Morgan fingerprint density at radius 3 is 2.71 bits per heavy atom. The van der Waals surface area contributed by atoms with Crippen LogP contribution < -0.4 is 11.1 Å². The van der Waals surface area contributed by atoms with E-state index < -0.39 is 0 Å². The molecule has 108 valence electrons. The van der Waals surface area contributed by atoms with Crippen molar-refractivity contribution in [2.75, 3.05) is 11.1 Å². The Balaban J connectivity index is 2.29. The summed E-state index contributed by atoms with van der Waals surface area (Å²) in [7, 11) is 0. The molecule has 1 heterocycles. The zero-order chi connectivity index (χ0) is 15.6. The topological polar surface area (TPSA) is 83.8 Å².